The van der Waals surface area contributed by atoms with E-state index >= 15 is 0 Å². The van der Waals surface area contributed by atoms with Crippen molar-refractivity contribution < 1.29 is 28.3 Å². The first-order valence-corrected chi connectivity index (χ1v) is 9.90. The van der Waals surface area contributed by atoms with E-state index in [1.165, 1.54) is 7.05 Å². The van der Waals surface area contributed by atoms with Crippen LogP contribution in [0.4, 0.5) is 10.5 Å². The number of aliphatic imine (C=N–C) groups is 1. The summed E-state index contributed by atoms with van der Waals surface area (Å²) in [4.78, 5) is 40.8. The fourth-order valence-electron chi connectivity index (χ4n) is 2.90. The van der Waals surface area contributed by atoms with Gasteiger partial charge in [0.25, 0.3) is 5.22 Å². The van der Waals surface area contributed by atoms with Crippen molar-refractivity contribution in [3.63, 3.8) is 0 Å². The highest BCUT2D eigenvalue weighted by molar-refractivity contribution is 7.99. The van der Waals surface area contributed by atoms with E-state index < -0.39 is 11.9 Å². The summed E-state index contributed by atoms with van der Waals surface area (Å²) in [5.74, 6) is 0.214. The van der Waals surface area contributed by atoms with Crippen molar-refractivity contribution in [1.29, 1.82) is 0 Å². The molecule has 0 radical (unpaired) electrons. The van der Waals surface area contributed by atoms with Crippen LogP contribution in [0.2, 0.25) is 0 Å². The number of nitrogens with zero attached hydrogens (tertiary/aromatic N) is 4. The van der Waals surface area contributed by atoms with Gasteiger partial charge >= 0.3 is 6.03 Å². The Morgan fingerprint density at radius 2 is 2.07 bits per heavy atom. The first-order valence-electron chi connectivity index (χ1n) is 8.92. The van der Waals surface area contributed by atoms with Gasteiger partial charge in [0.15, 0.2) is 11.5 Å². The third-order valence-corrected chi connectivity index (χ3v) is 5.32. The van der Waals surface area contributed by atoms with Crippen LogP contribution in [0.25, 0.3) is 0 Å². The van der Waals surface area contributed by atoms with Gasteiger partial charge in [-0.05, 0) is 19.1 Å². The average Bonchev–Trinajstić information content (AvgIpc) is 3.37. The molecule has 2 aromatic rings. The zero-order valence-corrected chi connectivity index (χ0v) is 16.9. The molecule has 0 saturated heterocycles. The maximum absolute atomic E-state index is 12.3. The van der Waals surface area contributed by atoms with Crippen molar-refractivity contribution in [3.05, 3.63) is 24.1 Å². The number of aromatic nitrogens is 2. The molecule has 1 unspecified atom stereocenters. The Bertz CT molecular complexity index is 1050. The second-order valence-electron chi connectivity index (χ2n) is 6.56. The highest BCUT2D eigenvalue weighted by Gasteiger charge is 2.34. The predicted octanol–water partition coefficient (Wildman–Crippen LogP) is 1.74. The van der Waals surface area contributed by atoms with Gasteiger partial charge in [-0.2, -0.15) is 0 Å². The second-order valence-corrected chi connectivity index (χ2v) is 7.48. The van der Waals surface area contributed by atoms with Gasteiger partial charge in [-0.15, -0.1) is 10.2 Å². The summed E-state index contributed by atoms with van der Waals surface area (Å²) in [5.41, 5.74) is 0.985. The molecular formula is C18H17N5O6S. The van der Waals surface area contributed by atoms with Crippen LogP contribution in [0, 0.1) is 5.92 Å². The lowest BCUT2D eigenvalue weighted by atomic mass is 9.97. The van der Waals surface area contributed by atoms with E-state index in [1.807, 2.05) is 0 Å². The molecule has 1 N–H and O–H groups in total. The molecule has 156 valence electrons. The molecular weight excluding hydrogens is 414 g/mol. The van der Waals surface area contributed by atoms with E-state index in [0.717, 1.165) is 16.7 Å². The van der Waals surface area contributed by atoms with Crippen LogP contribution in [0.15, 0.2) is 32.8 Å². The van der Waals surface area contributed by atoms with Crippen molar-refractivity contribution in [2.45, 2.75) is 18.6 Å². The minimum absolute atomic E-state index is 0.0517. The normalized spacial score (nSPS) is 17.9. The summed E-state index contributed by atoms with van der Waals surface area (Å²) >= 11 is 1.07. The zero-order valence-electron chi connectivity index (χ0n) is 16.1. The Balaban J connectivity index is 1.31. The van der Waals surface area contributed by atoms with Gasteiger partial charge in [0.05, 0.1) is 11.7 Å². The molecule has 12 heteroatoms. The van der Waals surface area contributed by atoms with Crippen LogP contribution in [-0.4, -0.2) is 58.2 Å². The number of benzene rings is 1. The van der Waals surface area contributed by atoms with Crippen molar-refractivity contribution in [2.75, 3.05) is 24.9 Å². The van der Waals surface area contributed by atoms with Gasteiger partial charge < -0.3 is 19.2 Å². The molecule has 2 aliphatic rings. The molecule has 4 amide bonds. The minimum Gasteiger partial charge on any atom is -0.454 e. The van der Waals surface area contributed by atoms with Gasteiger partial charge in [0, 0.05) is 30.9 Å². The van der Waals surface area contributed by atoms with Crippen molar-refractivity contribution in [2.24, 2.45) is 10.9 Å². The summed E-state index contributed by atoms with van der Waals surface area (Å²) in [7, 11) is 1.38. The van der Waals surface area contributed by atoms with Gasteiger partial charge in [-0.1, -0.05) is 11.8 Å². The van der Waals surface area contributed by atoms with Crippen LogP contribution in [0.1, 0.15) is 12.8 Å². The number of imide groups is 1. The van der Waals surface area contributed by atoms with E-state index in [4.69, 9.17) is 13.9 Å². The third-order valence-electron chi connectivity index (χ3n) is 4.50. The van der Waals surface area contributed by atoms with Gasteiger partial charge in [0.1, 0.15) is 0 Å². The molecule has 0 aliphatic carbocycles. The van der Waals surface area contributed by atoms with Gasteiger partial charge in [-0.3, -0.25) is 14.5 Å². The second kappa shape index (κ2) is 8.14. The molecule has 0 fully saturated rings. The molecule has 3 heterocycles. The van der Waals surface area contributed by atoms with E-state index in [9.17, 15) is 14.4 Å². The number of ether oxygens (including phenoxy) is 2. The van der Waals surface area contributed by atoms with Crippen molar-refractivity contribution in [1.82, 2.24) is 15.1 Å². The largest absolute Gasteiger partial charge is 0.454 e. The van der Waals surface area contributed by atoms with E-state index in [-0.39, 0.29) is 41.9 Å². The van der Waals surface area contributed by atoms with Crippen LogP contribution in [-0.2, 0) is 16.0 Å². The summed E-state index contributed by atoms with van der Waals surface area (Å²) in [6, 6.07) is 4.53. The quantitative estimate of drug-likeness (QED) is 0.678. The van der Waals surface area contributed by atoms with Crippen LogP contribution < -0.4 is 14.8 Å². The molecule has 4 rings (SSSR count). The fraction of sp³-hybridized carbons (Fsp3) is 0.333. The number of carbonyl (C=O) groups excluding carboxylic acids is 3. The average molecular weight is 431 g/mol. The lowest BCUT2D eigenvalue weighted by molar-refractivity contribution is -0.129. The Kier molecular flexibility index (Phi) is 5.40. The molecule has 11 nitrogen and oxygen atoms in total. The summed E-state index contributed by atoms with van der Waals surface area (Å²) in [6.45, 7) is 1.77. The Hall–Kier alpha value is -3.41. The number of urea groups is 1. The number of carbonyl (C=O) groups is 3. The smallest absolute Gasteiger partial charge is 0.349 e. The van der Waals surface area contributed by atoms with Gasteiger partial charge in [0.2, 0.25) is 24.5 Å². The number of anilines is 1. The number of rotatable bonds is 6. The summed E-state index contributed by atoms with van der Waals surface area (Å²) in [5, 5.41) is 10.8. The lowest BCUT2D eigenvalue weighted by Crippen LogP contribution is -2.44. The molecule has 2 aliphatic heterocycles. The molecule has 1 aromatic heterocycles. The van der Waals surface area contributed by atoms with Crippen LogP contribution in [0.3, 0.4) is 0 Å². The number of amides is 4. The molecule has 1 aromatic carbocycles. The van der Waals surface area contributed by atoms with Crippen molar-refractivity contribution in [3.8, 4) is 11.5 Å². The molecule has 0 bridgehead atoms. The van der Waals surface area contributed by atoms with E-state index in [2.05, 4.69) is 20.5 Å². The first-order chi connectivity index (χ1) is 14.4. The number of hydrogen-bond donors (Lipinski definition) is 1. The third kappa shape index (κ3) is 4.13. The monoisotopic (exact) mass is 431 g/mol. The maximum Gasteiger partial charge on any atom is 0.349 e. The number of nitrogens with one attached hydrogen (secondary N) is 1. The topological polar surface area (TPSA) is 136 Å². The Labute approximate surface area is 174 Å². The Morgan fingerprint density at radius 3 is 2.90 bits per heavy atom. The molecule has 30 heavy (non-hydrogen) atoms. The molecule has 1 atom stereocenters. The van der Waals surface area contributed by atoms with Crippen LogP contribution in [0.5, 0.6) is 11.5 Å². The lowest BCUT2D eigenvalue weighted by Gasteiger charge is -2.24. The molecule has 0 spiro atoms. The first kappa shape index (κ1) is 19.9. The van der Waals surface area contributed by atoms with E-state index in [0.29, 0.717) is 22.9 Å². The number of thioether (sulfide) groups is 1. The number of fused-ring (bicyclic) bond motifs is 1. The standard InChI is InChI=1S/C18H17N5O6S/c1-9-11(16(25)23(2)17(26)19-9)6-15-21-22-18(29-15)30-7-14(24)20-10-3-4-12-13(5-10)28-8-27-12/h3-5,11H,6-8H2,1-2H3,(H,20,24). The van der Waals surface area contributed by atoms with Crippen molar-refractivity contribution >= 4 is 41.0 Å². The number of hydrogen-bond acceptors (Lipinski definition) is 9. The highest BCUT2D eigenvalue weighted by Crippen LogP contribution is 2.34. The van der Waals surface area contributed by atoms with Crippen LogP contribution >= 0.6 is 11.8 Å². The molecule has 0 saturated carbocycles. The fourth-order valence-corrected chi connectivity index (χ4v) is 3.48. The van der Waals surface area contributed by atoms with E-state index in [1.54, 1.807) is 25.1 Å². The van der Waals surface area contributed by atoms with Gasteiger partial charge in [-0.25, -0.2) is 9.79 Å². The predicted molar refractivity (Wildman–Crippen MR) is 105 cm³/mol. The maximum atomic E-state index is 12.3. The Morgan fingerprint density at radius 1 is 1.27 bits per heavy atom. The highest BCUT2D eigenvalue weighted by atomic mass is 32.2. The zero-order chi connectivity index (χ0) is 21.3. The minimum atomic E-state index is -0.639. The SMILES string of the molecule is CC1=NC(=O)N(C)C(=O)C1Cc1nnc(SCC(=O)Nc2ccc3c(c2)OCO3)o1. The summed E-state index contributed by atoms with van der Waals surface area (Å²) in [6.07, 6.45) is 0.128. The summed E-state index contributed by atoms with van der Waals surface area (Å²) < 4.78 is 16.0.